The smallest absolute Gasteiger partial charge is 0.221 e. The Morgan fingerprint density at radius 1 is 1.38 bits per heavy atom. The molecule has 0 fully saturated rings. The Bertz CT molecular complexity index is 174. The van der Waals surface area contributed by atoms with E-state index in [2.05, 4.69) is 16.1 Å². The minimum Gasteiger partial charge on any atom is -0.361 e. The monoisotopic (exact) mass is 204 g/mol. The van der Waals surface area contributed by atoms with E-state index in [1.165, 1.54) is 0 Å². The van der Waals surface area contributed by atoms with Crippen LogP contribution in [-0.4, -0.2) is 24.1 Å². The highest BCUT2D eigenvalue weighted by Gasteiger charge is 1.99. The fourth-order valence-corrected chi connectivity index (χ4v) is 0.795. The van der Waals surface area contributed by atoms with Gasteiger partial charge in [-0.3, -0.25) is 4.79 Å². The van der Waals surface area contributed by atoms with Gasteiger partial charge in [-0.2, -0.15) is 0 Å². The highest BCUT2D eigenvalue weighted by molar-refractivity contribution is 7.80. The van der Waals surface area contributed by atoms with Gasteiger partial charge in [0.2, 0.25) is 5.91 Å². The minimum atomic E-state index is 0.0224. The van der Waals surface area contributed by atoms with Crippen molar-refractivity contribution in [1.82, 2.24) is 16.1 Å². The van der Waals surface area contributed by atoms with E-state index >= 15 is 0 Å². The summed E-state index contributed by atoms with van der Waals surface area (Å²) in [7, 11) is 0. The topological polar surface area (TPSA) is 79.2 Å². The fraction of sp³-hybridized carbons (Fsp3) is 0.714. The Kier molecular flexibility index (Phi) is 7.23. The maximum absolute atomic E-state index is 11.0. The zero-order valence-corrected chi connectivity index (χ0v) is 8.54. The summed E-state index contributed by atoms with van der Waals surface area (Å²) in [6, 6.07) is 0. The van der Waals surface area contributed by atoms with Crippen LogP contribution in [0.2, 0.25) is 0 Å². The van der Waals surface area contributed by atoms with Gasteiger partial charge < -0.3 is 16.1 Å². The number of rotatable bonds is 5. The van der Waals surface area contributed by atoms with Crippen LogP contribution in [0.4, 0.5) is 0 Å². The molecule has 5 nitrogen and oxygen atoms in total. The molecule has 76 valence electrons. The molecular formula is C7H16N4OS. The molecule has 0 aromatic carbocycles. The van der Waals surface area contributed by atoms with E-state index in [-0.39, 0.29) is 5.91 Å². The number of carbonyl (C=O) groups is 1. The Hall–Kier alpha value is -0.880. The van der Waals surface area contributed by atoms with Gasteiger partial charge in [-0.05, 0) is 18.6 Å². The summed E-state index contributed by atoms with van der Waals surface area (Å²) in [5.41, 5.74) is 2.27. The zero-order chi connectivity index (χ0) is 10.1. The molecule has 13 heavy (non-hydrogen) atoms. The lowest BCUT2D eigenvalue weighted by atomic mass is 10.4. The lowest BCUT2D eigenvalue weighted by Crippen LogP contribution is -2.41. The van der Waals surface area contributed by atoms with E-state index in [0.717, 1.165) is 13.0 Å². The molecule has 0 aliphatic rings. The molecule has 0 aliphatic carbocycles. The maximum Gasteiger partial charge on any atom is 0.221 e. The lowest BCUT2D eigenvalue weighted by Gasteiger charge is -2.06. The molecule has 0 atom stereocenters. The Labute approximate surface area is 83.4 Å². The predicted octanol–water partition coefficient (Wildman–Crippen LogP) is -0.759. The Balaban J connectivity index is 3.31. The Morgan fingerprint density at radius 3 is 2.62 bits per heavy atom. The molecule has 6 heteroatoms. The summed E-state index contributed by atoms with van der Waals surface area (Å²) in [5.74, 6) is 5.04. The third kappa shape index (κ3) is 7.48. The standard InChI is InChI=1S/C7H16N4OS/c1-2-4-9-6(12)3-5-10-7(13)11-8/h2-5,8H2,1H3,(H,9,12)(H2,10,11,13). The van der Waals surface area contributed by atoms with Crippen LogP contribution in [0.25, 0.3) is 0 Å². The van der Waals surface area contributed by atoms with E-state index in [1.54, 1.807) is 0 Å². The molecule has 1 amide bonds. The summed E-state index contributed by atoms with van der Waals surface area (Å²) in [6.45, 7) is 3.23. The van der Waals surface area contributed by atoms with Crippen LogP contribution in [0.1, 0.15) is 19.8 Å². The Morgan fingerprint density at radius 2 is 2.08 bits per heavy atom. The van der Waals surface area contributed by atoms with Crippen LogP contribution in [0.5, 0.6) is 0 Å². The van der Waals surface area contributed by atoms with E-state index in [4.69, 9.17) is 18.1 Å². The fourth-order valence-electron chi connectivity index (χ4n) is 0.693. The van der Waals surface area contributed by atoms with Crippen molar-refractivity contribution in [2.75, 3.05) is 13.1 Å². The second kappa shape index (κ2) is 7.75. The van der Waals surface area contributed by atoms with Gasteiger partial charge in [0.1, 0.15) is 0 Å². The van der Waals surface area contributed by atoms with Crippen molar-refractivity contribution >= 4 is 23.2 Å². The molecule has 0 radical (unpaired) electrons. The molecule has 0 unspecified atom stereocenters. The number of thiocarbonyl (C=S) groups is 1. The third-order valence-corrected chi connectivity index (χ3v) is 1.60. The van der Waals surface area contributed by atoms with Crippen molar-refractivity contribution in [3.05, 3.63) is 0 Å². The molecule has 0 saturated carbocycles. The number of nitrogens with two attached hydrogens (primary N) is 1. The molecule has 0 bridgehead atoms. The summed E-state index contributed by atoms with van der Waals surface area (Å²) >= 11 is 4.72. The van der Waals surface area contributed by atoms with Gasteiger partial charge in [0.05, 0.1) is 0 Å². The average Bonchev–Trinajstić information content (AvgIpc) is 2.14. The number of carbonyl (C=O) groups excluding carboxylic acids is 1. The highest BCUT2D eigenvalue weighted by atomic mass is 32.1. The van der Waals surface area contributed by atoms with Gasteiger partial charge in [0, 0.05) is 19.5 Å². The summed E-state index contributed by atoms with van der Waals surface area (Å²) < 4.78 is 0. The van der Waals surface area contributed by atoms with E-state index in [0.29, 0.717) is 18.1 Å². The summed E-state index contributed by atoms with van der Waals surface area (Å²) in [6.07, 6.45) is 1.35. The van der Waals surface area contributed by atoms with Crippen LogP contribution < -0.4 is 21.9 Å². The highest BCUT2D eigenvalue weighted by Crippen LogP contribution is 1.78. The van der Waals surface area contributed by atoms with Gasteiger partial charge in [0.25, 0.3) is 0 Å². The summed E-state index contributed by atoms with van der Waals surface area (Å²) in [4.78, 5) is 11.0. The first-order chi connectivity index (χ1) is 6.20. The van der Waals surface area contributed by atoms with Gasteiger partial charge >= 0.3 is 0 Å². The van der Waals surface area contributed by atoms with Crippen molar-refractivity contribution in [2.45, 2.75) is 19.8 Å². The van der Waals surface area contributed by atoms with Crippen molar-refractivity contribution in [3.63, 3.8) is 0 Å². The largest absolute Gasteiger partial charge is 0.361 e. The van der Waals surface area contributed by atoms with E-state index < -0.39 is 0 Å². The summed E-state index contributed by atoms with van der Waals surface area (Å²) in [5, 5.41) is 5.87. The van der Waals surface area contributed by atoms with Crippen molar-refractivity contribution in [3.8, 4) is 0 Å². The quantitative estimate of drug-likeness (QED) is 0.269. The van der Waals surface area contributed by atoms with Crippen LogP contribution in [0.3, 0.4) is 0 Å². The van der Waals surface area contributed by atoms with Crippen molar-refractivity contribution in [2.24, 2.45) is 5.84 Å². The number of hydrogen-bond acceptors (Lipinski definition) is 3. The molecule has 0 saturated heterocycles. The molecule has 0 aliphatic heterocycles. The lowest BCUT2D eigenvalue weighted by molar-refractivity contribution is -0.120. The number of hydrogen-bond donors (Lipinski definition) is 4. The molecule has 0 spiro atoms. The average molecular weight is 204 g/mol. The molecule has 0 heterocycles. The maximum atomic E-state index is 11.0. The first-order valence-corrected chi connectivity index (χ1v) is 4.62. The second-order valence-electron chi connectivity index (χ2n) is 2.50. The molecule has 0 rings (SSSR count). The van der Waals surface area contributed by atoms with E-state index in [1.807, 2.05) is 6.92 Å². The third-order valence-electron chi connectivity index (χ3n) is 1.34. The molecular weight excluding hydrogens is 188 g/mol. The first-order valence-electron chi connectivity index (χ1n) is 4.21. The number of nitrogens with one attached hydrogen (secondary N) is 3. The van der Waals surface area contributed by atoms with Crippen molar-refractivity contribution < 1.29 is 4.79 Å². The molecule has 0 aromatic rings. The van der Waals surface area contributed by atoms with Crippen LogP contribution in [-0.2, 0) is 4.79 Å². The van der Waals surface area contributed by atoms with Crippen LogP contribution >= 0.6 is 12.2 Å². The van der Waals surface area contributed by atoms with Gasteiger partial charge in [-0.15, -0.1) is 0 Å². The van der Waals surface area contributed by atoms with Gasteiger partial charge in [-0.1, -0.05) is 6.92 Å². The number of amides is 1. The van der Waals surface area contributed by atoms with Gasteiger partial charge in [0.15, 0.2) is 5.11 Å². The van der Waals surface area contributed by atoms with Crippen molar-refractivity contribution in [1.29, 1.82) is 0 Å². The van der Waals surface area contributed by atoms with Crippen LogP contribution in [0, 0.1) is 0 Å². The van der Waals surface area contributed by atoms with Gasteiger partial charge in [-0.25, -0.2) is 5.84 Å². The SMILES string of the molecule is CCCNC(=O)CCNC(=S)NN. The first kappa shape index (κ1) is 12.1. The van der Waals surface area contributed by atoms with E-state index in [9.17, 15) is 4.79 Å². The normalized spacial score (nSPS) is 9.08. The predicted molar refractivity (Wildman–Crippen MR) is 55.8 cm³/mol. The second-order valence-corrected chi connectivity index (χ2v) is 2.91. The number of hydrazine groups is 1. The molecule has 0 aromatic heterocycles. The zero-order valence-electron chi connectivity index (χ0n) is 7.72. The minimum absolute atomic E-state index is 0.0224. The van der Waals surface area contributed by atoms with Crippen LogP contribution in [0.15, 0.2) is 0 Å². The molecule has 5 N–H and O–H groups in total.